The summed E-state index contributed by atoms with van der Waals surface area (Å²) >= 11 is 0. The summed E-state index contributed by atoms with van der Waals surface area (Å²) in [6.07, 6.45) is 2.21. The van der Waals surface area contributed by atoms with Gasteiger partial charge in [0.05, 0.1) is 0 Å². The molecule has 3 heteroatoms. The maximum atomic E-state index is 6.34. The molecule has 0 saturated heterocycles. The van der Waals surface area contributed by atoms with Gasteiger partial charge in [0.1, 0.15) is 0 Å². The molecule has 0 saturated carbocycles. The van der Waals surface area contributed by atoms with Crippen LogP contribution in [0.25, 0.3) is 11.6 Å². The standard InChI is InChI=1S/C23H32OSi2/c1-19(21-10-8-7-9-11-21)18-26(5,6)24-25-17-16-20-12-14-22(15-13-20)23(2,3)4/h7-18H,25H2,1-6H3. The molecule has 26 heavy (non-hydrogen) atoms. The highest BCUT2D eigenvalue weighted by Gasteiger charge is 2.18. The molecule has 0 aliphatic rings. The van der Waals surface area contributed by atoms with E-state index in [1.807, 2.05) is 0 Å². The van der Waals surface area contributed by atoms with Crippen molar-refractivity contribution in [2.24, 2.45) is 0 Å². The molecule has 0 atom stereocenters. The van der Waals surface area contributed by atoms with E-state index in [-0.39, 0.29) is 5.41 Å². The van der Waals surface area contributed by atoms with E-state index in [2.05, 4.69) is 113 Å². The lowest BCUT2D eigenvalue weighted by molar-refractivity contribution is 0.590. The van der Waals surface area contributed by atoms with Crippen molar-refractivity contribution < 1.29 is 4.12 Å². The Balaban J connectivity index is 1.92. The van der Waals surface area contributed by atoms with Crippen LogP contribution in [0.5, 0.6) is 0 Å². The van der Waals surface area contributed by atoms with Gasteiger partial charge >= 0.3 is 0 Å². The third-order valence-electron chi connectivity index (χ3n) is 4.43. The van der Waals surface area contributed by atoms with Crippen molar-refractivity contribution in [3.8, 4) is 0 Å². The number of benzene rings is 2. The predicted molar refractivity (Wildman–Crippen MR) is 121 cm³/mol. The predicted octanol–water partition coefficient (Wildman–Crippen LogP) is 5.90. The second-order valence-electron chi connectivity index (χ2n) is 8.38. The fraction of sp³-hybridized carbons (Fsp3) is 0.304. The first-order valence-electron chi connectivity index (χ1n) is 9.33. The molecular weight excluding hydrogens is 348 g/mol. The van der Waals surface area contributed by atoms with Gasteiger partial charge in [0.25, 0.3) is 0 Å². The number of allylic oxidation sites excluding steroid dienone is 1. The number of rotatable bonds is 6. The van der Waals surface area contributed by atoms with E-state index in [1.165, 1.54) is 22.3 Å². The largest absolute Gasteiger partial charge is 0.454 e. The second-order valence-corrected chi connectivity index (χ2v) is 13.8. The van der Waals surface area contributed by atoms with Gasteiger partial charge in [0.2, 0.25) is 0 Å². The number of hydrogen-bond acceptors (Lipinski definition) is 1. The minimum atomic E-state index is -1.77. The van der Waals surface area contributed by atoms with Crippen LogP contribution in [0.2, 0.25) is 13.1 Å². The van der Waals surface area contributed by atoms with E-state index in [1.54, 1.807) is 0 Å². The molecule has 0 heterocycles. The summed E-state index contributed by atoms with van der Waals surface area (Å²) in [6.45, 7) is 13.5. The van der Waals surface area contributed by atoms with Gasteiger partial charge in [-0.05, 0) is 47.7 Å². The lowest BCUT2D eigenvalue weighted by Gasteiger charge is -2.20. The Bertz CT molecular complexity index is 751. The van der Waals surface area contributed by atoms with E-state index in [4.69, 9.17) is 4.12 Å². The lowest BCUT2D eigenvalue weighted by atomic mass is 9.87. The van der Waals surface area contributed by atoms with Crippen molar-refractivity contribution >= 4 is 29.7 Å². The monoisotopic (exact) mass is 380 g/mol. The molecule has 0 unspecified atom stereocenters. The van der Waals surface area contributed by atoms with Crippen molar-refractivity contribution in [2.45, 2.75) is 46.2 Å². The SMILES string of the molecule is CC(=C[Si](C)(C)O[SiH2]C=Cc1ccc(C(C)(C)C)cc1)c1ccccc1. The van der Waals surface area contributed by atoms with Crippen LogP contribution in [-0.2, 0) is 9.53 Å². The summed E-state index contributed by atoms with van der Waals surface area (Å²) in [5, 5.41) is 0. The Kier molecular flexibility index (Phi) is 6.98. The molecule has 0 amide bonds. The zero-order valence-corrected chi connectivity index (χ0v) is 19.5. The molecule has 0 spiro atoms. The van der Waals surface area contributed by atoms with Gasteiger partial charge in [-0.2, -0.15) is 0 Å². The molecular formula is C23H32OSi2. The van der Waals surface area contributed by atoms with Gasteiger partial charge in [-0.3, -0.25) is 0 Å². The third kappa shape index (κ3) is 6.56. The quantitative estimate of drug-likeness (QED) is 0.567. The topological polar surface area (TPSA) is 9.23 Å². The molecule has 2 aromatic carbocycles. The highest BCUT2D eigenvalue weighted by Crippen LogP contribution is 2.22. The Hall–Kier alpha value is -1.69. The summed E-state index contributed by atoms with van der Waals surface area (Å²) in [5.41, 5.74) is 10.1. The van der Waals surface area contributed by atoms with Gasteiger partial charge in [-0.15, -0.1) is 0 Å². The fourth-order valence-corrected chi connectivity index (χ4v) is 6.90. The van der Waals surface area contributed by atoms with Crippen LogP contribution in [0.1, 0.15) is 44.4 Å². The molecule has 0 fully saturated rings. The second kappa shape index (κ2) is 8.80. The van der Waals surface area contributed by atoms with Crippen LogP contribution < -0.4 is 0 Å². The van der Waals surface area contributed by atoms with E-state index < -0.39 is 18.1 Å². The van der Waals surface area contributed by atoms with Gasteiger partial charge in [0.15, 0.2) is 18.1 Å². The van der Waals surface area contributed by atoms with Crippen molar-refractivity contribution in [3.63, 3.8) is 0 Å². The normalized spacial score (nSPS) is 13.8. The maximum Gasteiger partial charge on any atom is 0.198 e. The van der Waals surface area contributed by atoms with E-state index in [0.717, 1.165) is 0 Å². The summed E-state index contributed by atoms with van der Waals surface area (Å²) in [7, 11) is -2.43. The molecule has 0 bridgehead atoms. The maximum absolute atomic E-state index is 6.34. The highest BCUT2D eigenvalue weighted by molar-refractivity contribution is 6.80. The van der Waals surface area contributed by atoms with Crippen molar-refractivity contribution in [2.75, 3.05) is 0 Å². The minimum Gasteiger partial charge on any atom is -0.454 e. The molecule has 2 aromatic rings. The molecule has 0 aromatic heterocycles. The highest BCUT2D eigenvalue weighted by atomic mass is 28.4. The zero-order valence-electron chi connectivity index (χ0n) is 17.0. The van der Waals surface area contributed by atoms with Gasteiger partial charge in [0, 0.05) is 0 Å². The molecule has 0 aliphatic carbocycles. The summed E-state index contributed by atoms with van der Waals surface area (Å²) in [6, 6.07) is 19.4. The summed E-state index contributed by atoms with van der Waals surface area (Å²) in [5.74, 6) is 0. The van der Waals surface area contributed by atoms with Gasteiger partial charge in [-0.1, -0.05) is 92.8 Å². The van der Waals surface area contributed by atoms with Crippen LogP contribution in [0.4, 0.5) is 0 Å². The Morgan fingerprint density at radius 2 is 1.58 bits per heavy atom. The van der Waals surface area contributed by atoms with Crippen molar-refractivity contribution in [3.05, 3.63) is 82.7 Å². The van der Waals surface area contributed by atoms with E-state index >= 15 is 0 Å². The first-order valence-corrected chi connectivity index (χ1v) is 13.7. The third-order valence-corrected chi connectivity index (χ3v) is 9.63. The molecule has 1 nitrogen and oxygen atoms in total. The Morgan fingerprint density at radius 3 is 2.15 bits per heavy atom. The number of hydrogen-bond donors (Lipinski definition) is 0. The summed E-state index contributed by atoms with van der Waals surface area (Å²) in [4.78, 5) is 0. The fourth-order valence-electron chi connectivity index (χ4n) is 2.89. The van der Waals surface area contributed by atoms with Crippen LogP contribution in [0.3, 0.4) is 0 Å². The van der Waals surface area contributed by atoms with Crippen molar-refractivity contribution in [1.82, 2.24) is 0 Å². The molecule has 0 radical (unpaired) electrons. The van der Waals surface area contributed by atoms with Crippen LogP contribution in [-0.4, -0.2) is 18.1 Å². The van der Waals surface area contributed by atoms with Gasteiger partial charge in [-0.25, -0.2) is 0 Å². The van der Waals surface area contributed by atoms with Crippen LogP contribution in [0.15, 0.2) is 66.0 Å². The van der Waals surface area contributed by atoms with Gasteiger partial charge < -0.3 is 4.12 Å². The van der Waals surface area contributed by atoms with E-state index in [0.29, 0.717) is 0 Å². The molecule has 0 N–H and O–H groups in total. The van der Waals surface area contributed by atoms with Crippen molar-refractivity contribution in [1.29, 1.82) is 0 Å². The average Bonchev–Trinajstić information content (AvgIpc) is 2.59. The smallest absolute Gasteiger partial charge is 0.198 e. The first-order chi connectivity index (χ1) is 12.2. The Morgan fingerprint density at radius 1 is 0.962 bits per heavy atom. The van der Waals surface area contributed by atoms with Crippen LogP contribution >= 0.6 is 0 Å². The molecule has 138 valence electrons. The Labute approximate surface area is 162 Å². The molecule has 0 aliphatic heterocycles. The lowest BCUT2D eigenvalue weighted by Crippen LogP contribution is -2.29. The minimum absolute atomic E-state index is 0.207. The zero-order chi connectivity index (χ0) is 19.2. The first kappa shape index (κ1) is 20.6. The van der Waals surface area contributed by atoms with Crippen LogP contribution in [0, 0.1) is 0 Å². The molecule has 2 rings (SSSR count). The summed E-state index contributed by atoms with van der Waals surface area (Å²) < 4.78 is 6.34. The van der Waals surface area contributed by atoms with E-state index in [9.17, 15) is 0 Å². The average molecular weight is 381 g/mol.